The smallest absolute Gasteiger partial charge is 0.255 e. The van der Waals surface area contributed by atoms with Gasteiger partial charge in [-0.15, -0.1) is 11.3 Å². The van der Waals surface area contributed by atoms with E-state index in [9.17, 15) is 9.59 Å². The molecule has 2 aliphatic rings. The second-order valence-corrected chi connectivity index (χ2v) is 10.5. The van der Waals surface area contributed by atoms with Gasteiger partial charge < -0.3 is 9.64 Å². The number of aryl methyl sites for hydroxylation is 2. The van der Waals surface area contributed by atoms with Crippen molar-refractivity contribution in [2.45, 2.75) is 79.2 Å². The molecule has 0 N–H and O–H groups in total. The molecule has 1 amide bonds. The Bertz CT molecular complexity index is 1030. The van der Waals surface area contributed by atoms with Crippen LogP contribution in [0, 0.1) is 26.7 Å². The van der Waals surface area contributed by atoms with E-state index in [-0.39, 0.29) is 5.91 Å². The molecule has 1 aliphatic heterocycles. The average molecular weight is 455 g/mol. The van der Waals surface area contributed by atoms with Crippen molar-refractivity contribution in [3.05, 3.63) is 43.8 Å². The number of hydrogen-bond donors (Lipinski definition) is 0. The van der Waals surface area contributed by atoms with E-state index in [1.165, 1.54) is 9.75 Å². The first-order valence-electron chi connectivity index (χ1n) is 11.8. The van der Waals surface area contributed by atoms with Gasteiger partial charge in [-0.2, -0.15) is 0 Å². The Balaban J connectivity index is 1.58. The summed E-state index contributed by atoms with van der Waals surface area (Å²) in [6, 6.07) is 2.06. The molecule has 0 aromatic carbocycles. The first-order chi connectivity index (χ1) is 15.3. The second kappa shape index (κ2) is 9.34. The Morgan fingerprint density at radius 3 is 2.59 bits per heavy atom. The molecule has 1 saturated carbocycles. The number of pyridine rings is 1. The lowest BCUT2D eigenvalue weighted by Gasteiger charge is -2.29. The molecule has 1 atom stereocenters. The highest BCUT2D eigenvalue weighted by molar-refractivity contribution is 7.12. The summed E-state index contributed by atoms with van der Waals surface area (Å²) in [5, 5.41) is 0. The lowest BCUT2D eigenvalue weighted by Crippen LogP contribution is -2.37. The van der Waals surface area contributed by atoms with Gasteiger partial charge in [-0.25, -0.2) is 4.98 Å². The molecule has 0 bridgehead atoms. The molecule has 6 heteroatoms. The molecule has 0 radical (unpaired) electrons. The van der Waals surface area contributed by atoms with E-state index in [0.717, 1.165) is 53.8 Å². The quantitative estimate of drug-likeness (QED) is 0.576. The van der Waals surface area contributed by atoms with Crippen LogP contribution in [0.15, 0.2) is 6.07 Å². The topological polar surface area (TPSA) is 59.5 Å². The molecule has 0 saturated heterocycles. The van der Waals surface area contributed by atoms with Crippen LogP contribution in [-0.4, -0.2) is 34.7 Å². The predicted octanol–water partition coefficient (Wildman–Crippen LogP) is 5.53. The normalized spacial score (nSPS) is 18.1. The van der Waals surface area contributed by atoms with Crippen molar-refractivity contribution in [2.75, 3.05) is 13.2 Å². The van der Waals surface area contributed by atoms with Crippen LogP contribution in [0.25, 0.3) is 0 Å². The summed E-state index contributed by atoms with van der Waals surface area (Å²) >= 11 is 1.82. The van der Waals surface area contributed by atoms with Crippen LogP contribution in [0.1, 0.15) is 87.9 Å². The van der Waals surface area contributed by atoms with Crippen molar-refractivity contribution in [1.29, 1.82) is 0 Å². The van der Waals surface area contributed by atoms with Crippen molar-refractivity contribution in [3.8, 4) is 5.88 Å². The van der Waals surface area contributed by atoms with E-state index < -0.39 is 0 Å². The highest BCUT2D eigenvalue weighted by atomic mass is 32.1. The highest BCUT2D eigenvalue weighted by Gasteiger charge is 2.34. The van der Waals surface area contributed by atoms with Crippen LogP contribution in [0.3, 0.4) is 0 Å². The Hall–Kier alpha value is -2.21. The number of ketones is 1. The fourth-order valence-electron chi connectivity index (χ4n) is 5.27. The lowest BCUT2D eigenvalue weighted by atomic mass is 9.79. The Morgan fingerprint density at radius 1 is 1.19 bits per heavy atom. The Labute approximate surface area is 195 Å². The third-order valence-electron chi connectivity index (χ3n) is 7.14. The van der Waals surface area contributed by atoms with Crippen molar-refractivity contribution in [2.24, 2.45) is 5.92 Å². The number of carbonyl (C=O) groups excluding carboxylic acids is 2. The van der Waals surface area contributed by atoms with E-state index >= 15 is 0 Å². The molecule has 5 nitrogen and oxygen atoms in total. The largest absolute Gasteiger partial charge is 0.478 e. The lowest BCUT2D eigenvalue weighted by molar-refractivity contribution is -0.121. The zero-order valence-corrected chi connectivity index (χ0v) is 20.7. The summed E-state index contributed by atoms with van der Waals surface area (Å²) in [6.45, 7) is 12.2. The van der Waals surface area contributed by atoms with E-state index in [2.05, 4.69) is 31.8 Å². The molecule has 32 heavy (non-hydrogen) atoms. The molecule has 1 fully saturated rings. The third-order valence-corrected chi connectivity index (χ3v) is 8.70. The number of aromatic nitrogens is 1. The fourth-order valence-corrected chi connectivity index (χ4v) is 6.71. The van der Waals surface area contributed by atoms with Crippen LogP contribution >= 0.6 is 11.3 Å². The van der Waals surface area contributed by atoms with E-state index in [4.69, 9.17) is 4.74 Å². The Kier molecular flexibility index (Phi) is 6.70. The molecule has 2 aromatic heterocycles. The molecule has 4 rings (SSSR count). The maximum atomic E-state index is 13.6. The number of rotatable bonds is 6. The van der Waals surface area contributed by atoms with Gasteiger partial charge in [0.25, 0.3) is 5.91 Å². The van der Waals surface area contributed by atoms with Gasteiger partial charge in [-0.1, -0.05) is 6.92 Å². The first-order valence-corrected chi connectivity index (χ1v) is 12.6. The highest BCUT2D eigenvalue weighted by Crippen LogP contribution is 2.43. The number of nitrogens with zero attached hydrogens (tertiary/aromatic N) is 2. The van der Waals surface area contributed by atoms with E-state index in [1.54, 1.807) is 0 Å². The number of Topliss-reactive ketones (excluding diaryl/α,β-unsaturated/α-hetero) is 1. The van der Waals surface area contributed by atoms with Crippen LogP contribution < -0.4 is 4.74 Å². The standard InChI is InChI=1S/C26H34N2O3S/c1-6-31-25-21(15(2)13-16(3)27-25)14-28-12-11-22-23(26(28)30)18(5)24(32-22)17(4)19-7-9-20(29)10-8-19/h13,17,19H,6-12,14H2,1-5H3/t17-/m1/s1. The third kappa shape index (κ3) is 4.34. The van der Waals surface area contributed by atoms with Gasteiger partial charge in [-0.05, 0) is 69.6 Å². The summed E-state index contributed by atoms with van der Waals surface area (Å²) in [6.07, 6.45) is 4.25. The van der Waals surface area contributed by atoms with E-state index in [1.807, 2.05) is 30.1 Å². The molecule has 0 spiro atoms. The molecular weight excluding hydrogens is 420 g/mol. The monoisotopic (exact) mass is 454 g/mol. The SMILES string of the molecule is CCOc1nc(C)cc(C)c1CN1CCc2sc([C@H](C)C3CCC(=O)CC3)c(C)c2C1=O. The van der Waals surface area contributed by atoms with Gasteiger partial charge >= 0.3 is 0 Å². The minimum absolute atomic E-state index is 0.125. The van der Waals surface area contributed by atoms with Gasteiger partial charge in [0.15, 0.2) is 0 Å². The maximum Gasteiger partial charge on any atom is 0.255 e. The molecule has 2 aromatic rings. The van der Waals surface area contributed by atoms with Crippen LogP contribution in [0.2, 0.25) is 0 Å². The van der Waals surface area contributed by atoms with Gasteiger partial charge in [0.2, 0.25) is 5.88 Å². The number of hydrogen-bond acceptors (Lipinski definition) is 5. The molecule has 0 unspecified atom stereocenters. The van der Waals surface area contributed by atoms with Crippen molar-refractivity contribution < 1.29 is 14.3 Å². The summed E-state index contributed by atoms with van der Waals surface area (Å²) in [5.74, 6) is 2.10. The zero-order chi connectivity index (χ0) is 23.0. The van der Waals surface area contributed by atoms with Crippen molar-refractivity contribution in [1.82, 2.24) is 9.88 Å². The average Bonchev–Trinajstić information content (AvgIpc) is 3.09. The van der Waals surface area contributed by atoms with Gasteiger partial charge in [0, 0.05) is 46.8 Å². The molecule has 1 aliphatic carbocycles. The first kappa shape index (κ1) is 23.0. The zero-order valence-electron chi connectivity index (χ0n) is 19.9. The second-order valence-electron chi connectivity index (χ2n) is 9.33. The number of carbonyl (C=O) groups is 2. The maximum absolute atomic E-state index is 13.6. The van der Waals surface area contributed by atoms with Crippen LogP contribution in [0.5, 0.6) is 5.88 Å². The van der Waals surface area contributed by atoms with Crippen molar-refractivity contribution >= 4 is 23.0 Å². The van der Waals surface area contributed by atoms with Gasteiger partial charge in [0.05, 0.1) is 18.7 Å². The summed E-state index contributed by atoms with van der Waals surface area (Å²) in [7, 11) is 0. The molecular formula is C26H34N2O3S. The van der Waals surface area contributed by atoms with Gasteiger partial charge in [0.1, 0.15) is 5.78 Å². The molecule has 3 heterocycles. The van der Waals surface area contributed by atoms with Crippen LogP contribution in [0.4, 0.5) is 0 Å². The number of fused-ring (bicyclic) bond motifs is 1. The minimum atomic E-state index is 0.125. The fraction of sp³-hybridized carbons (Fsp3) is 0.577. The number of thiophene rings is 1. The summed E-state index contributed by atoms with van der Waals surface area (Å²) < 4.78 is 5.81. The van der Waals surface area contributed by atoms with Gasteiger partial charge in [-0.3, -0.25) is 9.59 Å². The number of amides is 1. The van der Waals surface area contributed by atoms with Crippen molar-refractivity contribution in [3.63, 3.8) is 0 Å². The Morgan fingerprint density at radius 2 is 1.91 bits per heavy atom. The van der Waals surface area contributed by atoms with Crippen LogP contribution in [-0.2, 0) is 17.8 Å². The summed E-state index contributed by atoms with van der Waals surface area (Å²) in [5.41, 5.74) is 5.10. The molecule has 172 valence electrons. The van der Waals surface area contributed by atoms with E-state index in [0.29, 0.717) is 49.5 Å². The minimum Gasteiger partial charge on any atom is -0.478 e. The predicted molar refractivity (Wildman–Crippen MR) is 128 cm³/mol. The summed E-state index contributed by atoms with van der Waals surface area (Å²) in [4.78, 5) is 34.3. The number of ether oxygens (including phenoxy) is 1.